The molecule has 2 atom stereocenters. The van der Waals surface area contributed by atoms with Gasteiger partial charge in [0.25, 0.3) is 0 Å². The van der Waals surface area contributed by atoms with E-state index in [0.29, 0.717) is 12.1 Å². The summed E-state index contributed by atoms with van der Waals surface area (Å²) >= 11 is 0. The molecule has 0 bridgehead atoms. The van der Waals surface area contributed by atoms with Crippen LogP contribution in [0.2, 0.25) is 0 Å². The first kappa shape index (κ1) is 10.6. The molecule has 1 aliphatic carbocycles. The van der Waals surface area contributed by atoms with Crippen LogP contribution < -0.4 is 11.1 Å². The van der Waals surface area contributed by atoms with Gasteiger partial charge in [-0.05, 0) is 38.8 Å². The lowest BCUT2D eigenvalue weighted by Crippen LogP contribution is -2.34. The minimum Gasteiger partial charge on any atom is -0.333 e. The van der Waals surface area contributed by atoms with Crippen LogP contribution in [0, 0.1) is 0 Å². The maximum Gasteiger partial charge on any atom is 0.0949 e. The van der Waals surface area contributed by atoms with E-state index in [0.717, 1.165) is 19.5 Å². The van der Waals surface area contributed by atoms with Crippen molar-refractivity contribution < 1.29 is 0 Å². The summed E-state index contributed by atoms with van der Waals surface area (Å²) in [6, 6.07) is 1.19. The summed E-state index contributed by atoms with van der Waals surface area (Å²) in [6.45, 7) is 1.81. The third kappa shape index (κ3) is 2.58. The molecule has 0 amide bonds. The maximum absolute atomic E-state index is 5.49. The van der Waals surface area contributed by atoms with Crippen molar-refractivity contribution in [2.45, 2.75) is 37.8 Å². The summed E-state index contributed by atoms with van der Waals surface area (Å²) in [7, 11) is 0. The lowest BCUT2D eigenvalue weighted by Gasteiger charge is -2.22. The zero-order chi connectivity index (χ0) is 10.5. The maximum atomic E-state index is 5.49. The molecule has 0 aromatic carbocycles. The Morgan fingerprint density at radius 2 is 2.40 bits per heavy atom. The number of imidazole rings is 1. The molecule has 1 saturated carbocycles. The largest absolute Gasteiger partial charge is 0.333 e. The topological polar surface area (TPSA) is 55.9 Å². The van der Waals surface area contributed by atoms with Crippen LogP contribution in [0.1, 0.15) is 31.7 Å². The van der Waals surface area contributed by atoms with Gasteiger partial charge in [-0.3, -0.25) is 0 Å². The Morgan fingerprint density at radius 1 is 1.47 bits per heavy atom. The molecular formula is C11H20N4. The van der Waals surface area contributed by atoms with Crippen molar-refractivity contribution in [2.24, 2.45) is 5.73 Å². The standard InChI is InChI=1S/C11H20N4/c12-5-2-6-14-10-3-1-4-11(10)15-8-7-13-9-15/h7-11,14H,1-6,12H2. The van der Waals surface area contributed by atoms with Crippen molar-refractivity contribution in [1.82, 2.24) is 14.9 Å². The molecule has 2 unspecified atom stereocenters. The molecule has 0 radical (unpaired) electrons. The highest BCUT2D eigenvalue weighted by Crippen LogP contribution is 2.29. The van der Waals surface area contributed by atoms with Crippen LogP contribution in [0.3, 0.4) is 0 Å². The first-order valence-corrected chi connectivity index (χ1v) is 5.82. The molecule has 1 aromatic heterocycles. The van der Waals surface area contributed by atoms with Gasteiger partial charge in [0.15, 0.2) is 0 Å². The van der Waals surface area contributed by atoms with Gasteiger partial charge >= 0.3 is 0 Å². The molecule has 3 N–H and O–H groups in total. The van der Waals surface area contributed by atoms with Gasteiger partial charge in [-0.2, -0.15) is 0 Å². The Kier molecular flexibility index (Phi) is 3.75. The van der Waals surface area contributed by atoms with Gasteiger partial charge in [-0.15, -0.1) is 0 Å². The Morgan fingerprint density at radius 3 is 3.13 bits per heavy atom. The quantitative estimate of drug-likeness (QED) is 0.707. The lowest BCUT2D eigenvalue weighted by atomic mass is 10.1. The molecule has 0 saturated heterocycles. The van der Waals surface area contributed by atoms with Crippen molar-refractivity contribution in [1.29, 1.82) is 0 Å². The zero-order valence-electron chi connectivity index (χ0n) is 9.10. The van der Waals surface area contributed by atoms with Crippen LogP contribution in [-0.4, -0.2) is 28.7 Å². The van der Waals surface area contributed by atoms with Crippen LogP contribution in [0.15, 0.2) is 18.7 Å². The van der Waals surface area contributed by atoms with Crippen molar-refractivity contribution >= 4 is 0 Å². The SMILES string of the molecule is NCCCNC1CCCC1n1ccnc1. The monoisotopic (exact) mass is 208 g/mol. The van der Waals surface area contributed by atoms with Crippen LogP contribution in [0.4, 0.5) is 0 Å². The van der Waals surface area contributed by atoms with Gasteiger partial charge in [0, 0.05) is 24.5 Å². The van der Waals surface area contributed by atoms with E-state index in [4.69, 9.17) is 5.73 Å². The smallest absolute Gasteiger partial charge is 0.0949 e. The highest BCUT2D eigenvalue weighted by atomic mass is 15.1. The molecule has 4 nitrogen and oxygen atoms in total. The predicted molar refractivity (Wildman–Crippen MR) is 60.6 cm³/mol. The van der Waals surface area contributed by atoms with Crippen molar-refractivity contribution in [3.63, 3.8) is 0 Å². The number of rotatable bonds is 5. The van der Waals surface area contributed by atoms with Crippen molar-refractivity contribution in [3.8, 4) is 0 Å². The lowest BCUT2D eigenvalue weighted by molar-refractivity contribution is 0.391. The number of hydrogen-bond acceptors (Lipinski definition) is 3. The average Bonchev–Trinajstić information content (AvgIpc) is 2.87. The summed E-state index contributed by atoms with van der Waals surface area (Å²) in [6.07, 6.45) is 10.7. The fourth-order valence-corrected chi connectivity index (χ4v) is 2.39. The Hall–Kier alpha value is -0.870. The molecule has 2 rings (SSSR count). The minimum atomic E-state index is 0.588. The van der Waals surface area contributed by atoms with E-state index < -0.39 is 0 Å². The number of nitrogens with two attached hydrogens (primary N) is 1. The van der Waals surface area contributed by atoms with E-state index in [1.807, 2.05) is 12.5 Å². The number of hydrogen-bond donors (Lipinski definition) is 2. The molecule has 0 aliphatic heterocycles. The van der Waals surface area contributed by atoms with Crippen LogP contribution in [0.5, 0.6) is 0 Å². The van der Waals surface area contributed by atoms with E-state index >= 15 is 0 Å². The highest BCUT2D eigenvalue weighted by Gasteiger charge is 2.27. The van der Waals surface area contributed by atoms with E-state index in [-0.39, 0.29) is 0 Å². The Bertz CT molecular complexity index is 270. The normalized spacial score (nSPS) is 25.9. The summed E-state index contributed by atoms with van der Waals surface area (Å²) in [5, 5.41) is 3.59. The molecule has 84 valence electrons. The molecule has 0 spiro atoms. The molecule has 4 heteroatoms. The molecule has 1 heterocycles. The second-order valence-electron chi connectivity index (χ2n) is 4.21. The highest BCUT2D eigenvalue weighted by molar-refractivity contribution is 4.91. The molecular weight excluding hydrogens is 188 g/mol. The average molecular weight is 208 g/mol. The van der Waals surface area contributed by atoms with Crippen molar-refractivity contribution in [2.75, 3.05) is 13.1 Å². The first-order valence-electron chi connectivity index (χ1n) is 5.82. The second kappa shape index (κ2) is 5.28. The Balaban J connectivity index is 1.88. The van der Waals surface area contributed by atoms with Gasteiger partial charge in [0.2, 0.25) is 0 Å². The van der Waals surface area contributed by atoms with E-state index in [2.05, 4.69) is 21.1 Å². The van der Waals surface area contributed by atoms with Gasteiger partial charge < -0.3 is 15.6 Å². The van der Waals surface area contributed by atoms with Crippen LogP contribution in [-0.2, 0) is 0 Å². The minimum absolute atomic E-state index is 0.588. The van der Waals surface area contributed by atoms with Gasteiger partial charge in [0.05, 0.1) is 6.33 Å². The predicted octanol–water partition coefficient (Wildman–Crippen LogP) is 0.915. The van der Waals surface area contributed by atoms with Crippen LogP contribution >= 0.6 is 0 Å². The molecule has 1 aromatic rings. The number of nitrogens with zero attached hydrogens (tertiary/aromatic N) is 2. The van der Waals surface area contributed by atoms with E-state index in [9.17, 15) is 0 Å². The van der Waals surface area contributed by atoms with Gasteiger partial charge in [0.1, 0.15) is 0 Å². The zero-order valence-corrected chi connectivity index (χ0v) is 9.10. The summed E-state index contributed by atoms with van der Waals surface area (Å²) in [4.78, 5) is 4.11. The van der Waals surface area contributed by atoms with Gasteiger partial charge in [-0.1, -0.05) is 0 Å². The first-order chi connectivity index (χ1) is 7.42. The summed E-state index contributed by atoms with van der Waals surface area (Å²) in [5.41, 5.74) is 5.49. The third-order valence-electron chi connectivity index (χ3n) is 3.17. The number of aromatic nitrogens is 2. The van der Waals surface area contributed by atoms with E-state index in [1.54, 1.807) is 0 Å². The van der Waals surface area contributed by atoms with Crippen LogP contribution in [0.25, 0.3) is 0 Å². The Labute approximate surface area is 90.9 Å². The van der Waals surface area contributed by atoms with Crippen molar-refractivity contribution in [3.05, 3.63) is 18.7 Å². The van der Waals surface area contributed by atoms with E-state index in [1.165, 1.54) is 19.3 Å². The third-order valence-corrected chi connectivity index (χ3v) is 3.17. The summed E-state index contributed by atoms with van der Waals surface area (Å²) < 4.78 is 2.23. The second-order valence-corrected chi connectivity index (χ2v) is 4.21. The summed E-state index contributed by atoms with van der Waals surface area (Å²) in [5.74, 6) is 0. The molecule has 1 fully saturated rings. The van der Waals surface area contributed by atoms with Gasteiger partial charge in [-0.25, -0.2) is 4.98 Å². The molecule has 15 heavy (non-hydrogen) atoms. The fraction of sp³-hybridized carbons (Fsp3) is 0.727. The fourth-order valence-electron chi connectivity index (χ4n) is 2.39. The molecule has 1 aliphatic rings. The number of nitrogens with one attached hydrogen (secondary N) is 1.